The van der Waals surface area contributed by atoms with Crippen molar-refractivity contribution >= 4 is 22.8 Å². The number of carbonyl (C=O) groups excluding carboxylic acids is 2. The first-order chi connectivity index (χ1) is 16.4. The minimum atomic E-state index is -4.84. The number of carbonyl (C=O) groups is 2. The maximum Gasteiger partial charge on any atom is 0.422 e. The molecule has 0 saturated heterocycles. The number of benzene rings is 3. The maximum atomic E-state index is 12.6. The quantitative estimate of drug-likeness (QED) is 0.213. The van der Waals surface area contributed by atoms with E-state index in [-0.39, 0.29) is 0 Å². The zero-order chi connectivity index (χ0) is 25.6. The first-order valence-corrected chi connectivity index (χ1v) is 11.1. The number of hydrogen-bond acceptors (Lipinski definition) is 4. The van der Waals surface area contributed by atoms with Crippen molar-refractivity contribution in [2.24, 2.45) is 0 Å². The largest absolute Gasteiger partial charge is 0.452 e. The molecule has 3 rings (SSSR count). The van der Waals surface area contributed by atoms with Crippen LogP contribution >= 0.6 is 0 Å². The van der Waals surface area contributed by atoms with E-state index in [2.05, 4.69) is 9.47 Å². The van der Waals surface area contributed by atoms with Gasteiger partial charge in [-0.05, 0) is 36.4 Å². The lowest BCUT2D eigenvalue weighted by Gasteiger charge is -2.14. The summed E-state index contributed by atoms with van der Waals surface area (Å²) in [5.74, 6) is -3.04. The van der Waals surface area contributed by atoms with Gasteiger partial charge in [0.1, 0.15) is 0 Å². The van der Waals surface area contributed by atoms with Gasteiger partial charge < -0.3 is 9.47 Å². The number of halogens is 6. The van der Waals surface area contributed by atoms with Crippen LogP contribution in [-0.2, 0) is 20.4 Å². The van der Waals surface area contributed by atoms with Crippen LogP contribution in [0.3, 0.4) is 0 Å². The fourth-order valence-electron chi connectivity index (χ4n) is 2.97. The molecule has 4 nitrogen and oxygen atoms in total. The first-order valence-electron chi connectivity index (χ1n) is 9.91. The van der Waals surface area contributed by atoms with Gasteiger partial charge >= 0.3 is 24.3 Å². The lowest BCUT2D eigenvalue weighted by atomic mass is 10.1. The van der Waals surface area contributed by atoms with Gasteiger partial charge in [-0.2, -0.15) is 26.3 Å². The Bertz CT molecular complexity index is 1120. The molecule has 0 spiro atoms. The molecule has 35 heavy (non-hydrogen) atoms. The third-order valence-corrected chi connectivity index (χ3v) is 6.57. The van der Waals surface area contributed by atoms with Gasteiger partial charge in [0.15, 0.2) is 27.9 Å². The molecule has 0 aliphatic rings. The number of esters is 2. The minimum Gasteiger partial charge on any atom is -0.452 e. The molecule has 184 valence electrons. The Morgan fingerprint density at radius 3 is 1.46 bits per heavy atom. The fraction of sp³-hybridized carbons (Fsp3) is 0.167. The van der Waals surface area contributed by atoms with Crippen LogP contribution < -0.4 is 0 Å². The van der Waals surface area contributed by atoms with Crippen LogP contribution in [-0.4, -0.2) is 37.5 Å². The van der Waals surface area contributed by atoms with E-state index in [1.54, 1.807) is 36.4 Å². The van der Waals surface area contributed by atoms with E-state index in [1.807, 2.05) is 24.3 Å². The van der Waals surface area contributed by atoms with Gasteiger partial charge in [-0.1, -0.05) is 36.4 Å². The van der Waals surface area contributed by atoms with Gasteiger partial charge in [0.05, 0.1) is 22.0 Å². The van der Waals surface area contributed by atoms with Crippen molar-refractivity contribution in [1.82, 2.24) is 0 Å². The predicted molar refractivity (Wildman–Crippen MR) is 114 cm³/mol. The number of hydrogen-bond donors (Lipinski definition) is 0. The van der Waals surface area contributed by atoms with Crippen LogP contribution in [0.4, 0.5) is 26.3 Å². The third-order valence-electron chi connectivity index (χ3n) is 4.36. The highest BCUT2D eigenvalue weighted by Gasteiger charge is 2.35. The molecule has 3 aromatic carbocycles. The molecular formula is C24H17F6O4S+. The first kappa shape index (κ1) is 26.1. The lowest BCUT2D eigenvalue weighted by molar-refractivity contribution is -0.162. The average molecular weight is 515 g/mol. The van der Waals surface area contributed by atoms with Crippen molar-refractivity contribution in [2.75, 3.05) is 13.2 Å². The molecule has 0 aromatic heterocycles. The third kappa shape index (κ3) is 7.51. The Labute approximate surface area is 198 Å². The summed E-state index contributed by atoms with van der Waals surface area (Å²) in [5.41, 5.74) is -1.28. The summed E-state index contributed by atoms with van der Waals surface area (Å²) in [6.45, 7) is -3.86. The molecule has 0 aliphatic heterocycles. The zero-order valence-electron chi connectivity index (χ0n) is 17.7. The summed E-state index contributed by atoms with van der Waals surface area (Å²) in [5, 5.41) is 0. The van der Waals surface area contributed by atoms with E-state index in [9.17, 15) is 35.9 Å². The van der Waals surface area contributed by atoms with E-state index >= 15 is 0 Å². The van der Waals surface area contributed by atoms with Gasteiger partial charge in [0, 0.05) is 6.07 Å². The highest BCUT2D eigenvalue weighted by molar-refractivity contribution is 7.97. The van der Waals surface area contributed by atoms with Crippen molar-refractivity contribution in [3.63, 3.8) is 0 Å². The number of rotatable bonds is 7. The molecule has 0 saturated carbocycles. The van der Waals surface area contributed by atoms with Crippen LogP contribution in [0.1, 0.15) is 20.7 Å². The SMILES string of the molecule is O=C(OCC(F)(F)F)c1ccc([S+](c2ccccc2)c2ccccc2)cc1C(=O)OCC(F)(F)F. The normalized spacial score (nSPS) is 11.9. The summed E-state index contributed by atoms with van der Waals surface area (Å²) in [4.78, 5) is 26.8. The molecule has 0 heterocycles. The van der Waals surface area contributed by atoms with Crippen molar-refractivity contribution in [3.05, 3.63) is 90.0 Å². The highest BCUT2D eigenvalue weighted by atomic mass is 32.2. The molecule has 0 N–H and O–H groups in total. The molecule has 0 aliphatic carbocycles. The van der Waals surface area contributed by atoms with Crippen LogP contribution in [0, 0.1) is 0 Å². The van der Waals surface area contributed by atoms with Gasteiger partial charge in [-0.3, -0.25) is 0 Å². The fourth-order valence-corrected chi connectivity index (χ4v) is 5.08. The smallest absolute Gasteiger partial charge is 0.422 e. The predicted octanol–water partition coefficient (Wildman–Crippen LogP) is 6.22. The van der Waals surface area contributed by atoms with Crippen LogP contribution in [0.2, 0.25) is 0 Å². The standard InChI is InChI=1S/C24H17F6O4S/c25-23(26,27)14-33-21(31)19-12-11-18(13-20(19)22(32)34-15-24(28,29)30)35(16-7-3-1-4-8-16)17-9-5-2-6-10-17/h1-13H,14-15H2/q+1. The second-order valence-corrected chi connectivity index (χ2v) is 9.05. The minimum absolute atomic E-state index is 0.425. The molecule has 3 aromatic rings. The second-order valence-electron chi connectivity index (χ2n) is 7.02. The highest BCUT2D eigenvalue weighted by Crippen LogP contribution is 2.33. The number of ether oxygens (including phenoxy) is 2. The Morgan fingerprint density at radius 1 is 0.600 bits per heavy atom. The second kappa shape index (κ2) is 10.9. The Kier molecular flexibility index (Phi) is 8.11. The molecule has 0 unspecified atom stereocenters. The van der Waals surface area contributed by atoms with Crippen LogP contribution in [0.15, 0.2) is 93.5 Å². The molecule has 0 fully saturated rings. The van der Waals surface area contributed by atoms with E-state index in [0.717, 1.165) is 21.9 Å². The van der Waals surface area contributed by atoms with Gasteiger partial charge in [0.2, 0.25) is 0 Å². The molecular weight excluding hydrogens is 498 g/mol. The van der Waals surface area contributed by atoms with Gasteiger partial charge in [-0.15, -0.1) is 0 Å². The molecule has 0 atom stereocenters. The Hall–Kier alpha value is -3.47. The topological polar surface area (TPSA) is 52.6 Å². The lowest BCUT2D eigenvalue weighted by Crippen LogP contribution is -2.24. The summed E-state index contributed by atoms with van der Waals surface area (Å²) >= 11 is 0. The van der Waals surface area contributed by atoms with E-state index in [4.69, 9.17) is 0 Å². The monoisotopic (exact) mass is 515 g/mol. The van der Waals surface area contributed by atoms with Gasteiger partial charge in [-0.25, -0.2) is 9.59 Å². The summed E-state index contributed by atoms with van der Waals surface area (Å²) in [6.07, 6.45) is -9.68. The molecule has 11 heteroatoms. The van der Waals surface area contributed by atoms with Crippen molar-refractivity contribution in [1.29, 1.82) is 0 Å². The van der Waals surface area contributed by atoms with Crippen LogP contribution in [0.25, 0.3) is 0 Å². The zero-order valence-corrected chi connectivity index (χ0v) is 18.5. The molecule has 0 bridgehead atoms. The maximum absolute atomic E-state index is 12.6. The van der Waals surface area contributed by atoms with E-state index in [0.29, 0.717) is 4.90 Å². The Balaban J connectivity index is 2.08. The van der Waals surface area contributed by atoms with Gasteiger partial charge in [0.25, 0.3) is 0 Å². The van der Waals surface area contributed by atoms with E-state index < -0.39 is 59.5 Å². The van der Waals surface area contributed by atoms with Crippen molar-refractivity contribution in [2.45, 2.75) is 27.0 Å². The van der Waals surface area contributed by atoms with E-state index in [1.165, 1.54) is 6.07 Å². The molecule has 0 radical (unpaired) electrons. The average Bonchev–Trinajstić information content (AvgIpc) is 2.81. The Morgan fingerprint density at radius 2 is 1.03 bits per heavy atom. The van der Waals surface area contributed by atoms with Crippen molar-refractivity contribution < 1.29 is 45.4 Å². The molecule has 0 amide bonds. The number of alkyl halides is 6. The van der Waals surface area contributed by atoms with Crippen LogP contribution in [0.5, 0.6) is 0 Å². The summed E-state index contributed by atoms with van der Waals surface area (Å²) in [6, 6.07) is 21.5. The summed E-state index contributed by atoms with van der Waals surface area (Å²) in [7, 11) is -0.864. The van der Waals surface area contributed by atoms with Crippen molar-refractivity contribution in [3.8, 4) is 0 Å². The summed E-state index contributed by atoms with van der Waals surface area (Å²) < 4.78 is 83.8.